The monoisotopic (exact) mass is 194 g/mol. The molecule has 0 radical (unpaired) electrons. The van der Waals surface area contributed by atoms with Gasteiger partial charge in [-0.1, -0.05) is 18.6 Å². The summed E-state index contributed by atoms with van der Waals surface area (Å²) in [6.45, 7) is 4.95. The van der Waals surface area contributed by atoms with Crippen LogP contribution in [0.15, 0.2) is 11.6 Å². The van der Waals surface area contributed by atoms with Crippen molar-refractivity contribution >= 4 is 5.97 Å². The Labute approximate surface area is 85.3 Å². The van der Waals surface area contributed by atoms with Crippen molar-refractivity contribution in [2.45, 2.75) is 39.5 Å². The molecule has 0 N–H and O–H groups in total. The van der Waals surface area contributed by atoms with Gasteiger partial charge in [-0.2, -0.15) is 0 Å². The van der Waals surface area contributed by atoms with E-state index in [4.69, 9.17) is 4.74 Å². The molecule has 2 aliphatic rings. The molecule has 0 aromatic carbocycles. The third kappa shape index (κ3) is 1.37. The van der Waals surface area contributed by atoms with Crippen LogP contribution < -0.4 is 0 Å². The minimum atomic E-state index is -0.183. The van der Waals surface area contributed by atoms with Gasteiger partial charge in [-0.15, -0.1) is 0 Å². The topological polar surface area (TPSA) is 26.3 Å². The predicted octanol–water partition coefficient (Wildman–Crippen LogP) is 2.69. The van der Waals surface area contributed by atoms with Gasteiger partial charge in [0, 0.05) is 0 Å². The highest BCUT2D eigenvalue weighted by Crippen LogP contribution is 2.46. The van der Waals surface area contributed by atoms with Crippen molar-refractivity contribution in [1.82, 2.24) is 0 Å². The zero-order chi connectivity index (χ0) is 10.2. The summed E-state index contributed by atoms with van der Waals surface area (Å²) in [7, 11) is 0. The van der Waals surface area contributed by atoms with Gasteiger partial charge in [0.05, 0.1) is 12.0 Å². The van der Waals surface area contributed by atoms with Crippen molar-refractivity contribution in [3.8, 4) is 0 Å². The van der Waals surface area contributed by atoms with Crippen LogP contribution in [0.1, 0.15) is 39.5 Å². The maximum Gasteiger partial charge on any atom is 0.312 e. The molecule has 1 saturated heterocycles. The molecule has 2 atom stereocenters. The Morgan fingerprint density at radius 2 is 2.36 bits per heavy atom. The van der Waals surface area contributed by atoms with Crippen molar-refractivity contribution in [1.29, 1.82) is 0 Å². The first-order chi connectivity index (χ1) is 6.65. The summed E-state index contributed by atoms with van der Waals surface area (Å²) in [5.74, 6) is 0.521. The SMILES string of the molecule is CC1=CCC2(CC1)C(=O)OCCC2C. The molecule has 0 saturated carbocycles. The maximum absolute atomic E-state index is 11.8. The van der Waals surface area contributed by atoms with Gasteiger partial charge < -0.3 is 4.74 Å². The molecule has 2 nitrogen and oxygen atoms in total. The molecule has 0 amide bonds. The standard InChI is InChI=1S/C12H18O2/c1-9-3-6-12(7-4-9)10(2)5-8-14-11(12)13/h3,10H,4-8H2,1-2H3. The van der Waals surface area contributed by atoms with Gasteiger partial charge in [-0.05, 0) is 38.5 Å². The average Bonchev–Trinajstić information content (AvgIpc) is 2.17. The molecule has 1 spiro atoms. The van der Waals surface area contributed by atoms with Crippen molar-refractivity contribution in [2.24, 2.45) is 11.3 Å². The number of esters is 1. The second-order valence-corrected chi connectivity index (χ2v) is 4.74. The summed E-state index contributed by atoms with van der Waals surface area (Å²) in [6, 6.07) is 0. The molecule has 78 valence electrons. The molecular weight excluding hydrogens is 176 g/mol. The van der Waals surface area contributed by atoms with E-state index in [1.54, 1.807) is 0 Å². The number of hydrogen-bond donors (Lipinski definition) is 0. The van der Waals surface area contributed by atoms with E-state index in [1.165, 1.54) is 5.57 Å². The van der Waals surface area contributed by atoms with E-state index in [2.05, 4.69) is 19.9 Å². The summed E-state index contributed by atoms with van der Waals surface area (Å²) in [5, 5.41) is 0. The second kappa shape index (κ2) is 3.41. The minimum Gasteiger partial charge on any atom is -0.465 e. The van der Waals surface area contributed by atoms with E-state index in [0.29, 0.717) is 12.5 Å². The van der Waals surface area contributed by atoms with Gasteiger partial charge in [0.1, 0.15) is 0 Å². The zero-order valence-electron chi connectivity index (χ0n) is 9.01. The molecular formula is C12H18O2. The Morgan fingerprint density at radius 1 is 1.57 bits per heavy atom. The van der Waals surface area contributed by atoms with Gasteiger partial charge >= 0.3 is 5.97 Å². The lowest BCUT2D eigenvalue weighted by atomic mass is 9.65. The van der Waals surface area contributed by atoms with Gasteiger partial charge in [-0.3, -0.25) is 4.79 Å². The first kappa shape index (κ1) is 9.75. The molecule has 1 aliphatic carbocycles. The first-order valence-corrected chi connectivity index (χ1v) is 5.48. The number of carbonyl (C=O) groups is 1. The van der Waals surface area contributed by atoms with Gasteiger partial charge in [0.15, 0.2) is 0 Å². The van der Waals surface area contributed by atoms with Crippen LogP contribution in [0.5, 0.6) is 0 Å². The van der Waals surface area contributed by atoms with Crippen LogP contribution in [0.3, 0.4) is 0 Å². The Hall–Kier alpha value is -0.790. The number of allylic oxidation sites excluding steroid dienone is 2. The van der Waals surface area contributed by atoms with E-state index in [1.807, 2.05) is 0 Å². The molecule has 2 heteroatoms. The van der Waals surface area contributed by atoms with Gasteiger partial charge in [0.2, 0.25) is 0 Å². The molecule has 0 aromatic rings. The summed E-state index contributed by atoms with van der Waals surface area (Å²) >= 11 is 0. The minimum absolute atomic E-state index is 0.0417. The number of rotatable bonds is 0. The molecule has 1 heterocycles. The molecule has 14 heavy (non-hydrogen) atoms. The summed E-state index contributed by atoms with van der Waals surface area (Å²) in [4.78, 5) is 11.8. The Morgan fingerprint density at radius 3 is 2.93 bits per heavy atom. The van der Waals surface area contributed by atoms with Gasteiger partial charge in [0.25, 0.3) is 0 Å². The highest BCUT2D eigenvalue weighted by atomic mass is 16.5. The third-order valence-electron chi connectivity index (χ3n) is 3.91. The fourth-order valence-corrected chi connectivity index (χ4v) is 2.56. The number of carbonyl (C=O) groups excluding carboxylic acids is 1. The maximum atomic E-state index is 11.8. The van der Waals surface area contributed by atoms with Gasteiger partial charge in [-0.25, -0.2) is 0 Å². The van der Waals surface area contributed by atoms with Crippen LogP contribution in [0.2, 0.25) is 0 Å². The summed E-state index contributed by atoms with van der Waals surface area (Å²) < 4.78 is 5.21. The van der Waals surface area contributed by atoms with Crippen molar-refractivity contribution in [2.75, 3.05) is 6.61 Å². The lowest BCUT2D eigenvalue weighted by molar-refractivity contribution is -0.168. The van der Waals surface area contributed by atoms with E-state index >= 15 is 0 Å². The fraction of sp³-hybridized carbons (Fsp3) is 0.750. The summed E-state index contributed by atoms with van der Waals surface area (Å²) in [6.07, 6.45) is 6.17. The van der Waals surface area contributed by atoms with Crippen LogP contribution in [0, 0.1) is 11.3 Å². The second-order valence-electron chi connectivity index (χ2n) is 4.74. The van der Waals surface area contributed by atoms with Crippen LogP contribution in [-0.2, 0) is 9.53 Å². The van der Waals surface area contributed by atoms with Crippen LogP contribution >= 0.6 is 0 Å². The van der Waals surface area contributed by atoms with Crippen LogP contribution in [0.4, 0.5) is 0 Å². The smallest absolute Gasteiger partial charge is 0.312 e. The molecule has 1 aliphatic heterocycles. The van der Waals surface area contributed by atoms with E-state index < -0.39 is 0 Å². The molecule has 2 rings (SSSR count). The van der Waals surface area contributed by atoms with E-state index in [9.17, 15) is 4.79 Å². The quantitative estimate of drug-likeness (QED) is 0.438. The number of cyclic esters (lactones) is 1. The van der Waals surface area contributed by atoms with Crippen LogP contribution in [-0.4, -0.2) is 12.6 Å². The highest BCUT2D eigenvalue weighted by molar-refractivity contribution is 5.78. The summed E-state index contributed by atoms with van der Waals surface area (Å²) in [5.41, 5.74) is 1.23. The Kier molecular flexibility index (Phi) is 2.38. The Bertz CT molecular complexity index is 280. The number of ether oxygens (including phenoxy) is 1. The molecule has 0 aromatic heterocycles. The normalized spacial score (nSPS) is 38.0. The largest absolute Gasteiger partial charge is 0.465 e. The Balaban J connectivity index is 2.24. The predicted molar refractivity (Wildman–Crippen MR) is 54.8 cm³/mol. The lowest BCUT2D eigenvalue weighted by Crippen LogP contribution is -2.44. The molecule has 1 fully saturated rings. The van der Waals surface area contributed by atoms with E-state index in [-0.39, 0.29) is 11.4 Å². The fourth-order valence-electron chi connectivity index (χ4n) is 2.56. The lowest BCUT2D eigenvalue weighted by Gasteiger charge is -2.41. The van der Waals surface area contributed by atoms with Crippen molar-refractivity contribution in [3.63, 3.8) is 0 Å². The van der Waals surface area contributed by atoms with E-state index in [0.717, 1.165) is 25.7 Å². The first-order valence-electron chi connectivity index (χ1n) is 5.48. The third-order valence-corrected chi connectivity index (χ3v) is 3.91. The van der Waals surface area contributed by atoms with Crippen LogP contribution in [0.25, 0.3) is 0 Å². The zero-order valence-corrected chi connectivity index (χ0v) is 9.01. The highest BCUT2D eigenvalue weighted by Gasteiger charge is 2.47. The number of hydrogen-bond acceptors (Lipinski definition) is 2. The molecule has 2 unspecified atom stereocenters. The van der Waals surface area contributed by atoms with Crippen molar-refractivity contribution < 1.29 is 9.53 Å². The average molecular weight is 194 g/mol. The van der Waals surface area contributed by atoms with Crippen molar-refractivity contribution in [3.05, 3.63) is 11.6 Å². The molecule has 0 bridgehead atoms.